The summed E-state index contributed by atoms with van der Waals surface area (Å²) in [4.78, 5) is 38.9. The highest BCUT2D eigenvalue weighted by atomic mass is 32.2. The molecule has 0 unspecified atom stereocenters. The predicted octanol–water partition coefficient (Wildman–Crippen LogP) is 2.59. The van der Waals surface area contributed by atoms with Crippen molar-refractivity contribution in [3.63, 3.8) is 0 Å². The van der Waals surface area contributed by atoms with Gasteiger partial charge >= 0.3 is 5.97 Å². The fourth-order valence-electron chi connectivity index (χ4n) is 2.60. The van der Waals surface area contributed by atoms with Gasteiger partial charge in [-0.2, -0.15) is 0 Å². The van der Waals surface area contributed by atoms with Crippen molar-refractivity contribution in [2.75, 3.05) is 32.3 Å². The second-order valence-corrected chi connectivity index (χ2v) is 8.43. The average Bonchev–Trinajstić information content (AvgIpc) is 3.19. The first-order chi connectivity index (χ1) is 13.7. The number of thioether (sulfide) groups is 1. The summed E-state index contributed by atoms with van der Waals surface area (Å²) in [5, 5.41) is 11.9. The SMILES string of the molecule is CCCn1c(C)nnc1SCC(=O)Nc1sc(C(=O)N(C)C)c(C)c1C(=O)OC. The minimum atomic E-state index is -0.599. The number of methoxy groups -OCH3 is 1. The maximum Gasteiger partial charge on any atom is 0.341 e. The molecule has 2 heterocycles. The predicted molar refractivity (Wildman–Crippen MR) is 113 cm³/mol. The standard InChI is InChI=1S/C18H25N5O4S2/c1-7-8-23-11(3)20-21-18(23)28-9-12(24)19-15-13(17(26)27-6)10(2)14(29-15)16(25)22(4)5/h7-9H2,1-6H3,(H,19,24). The van der Waals surface area contributed by atoms with E-state index in [1.165, 1.54) is 23.8 Å². The molecule has 0 bridgehead atoms. The number of rotatable bonds is 8. The molecule has 0 aliphatic carbocycles. The van der Waals surface area contributed by atoms with Gasteiger partial charge in [0.25, 0.3) is 5.91 Å². The van der Waals surface area contributed by atoms with Crippen LogP contribution in [0.25, 0.3) is 0 Å². The zero-order valence-corrected chi connectivity index (χ0v) is 19.0. The zero-order valence-electron chi connectivity index (χ0n) is 17.4. The van der Waals surface area contributed by atoms with Crippen LogP contribution in [0.1, 0.15) is 44.8 Å². The van der Waals surface area contributed by atoms with Crippen molar-refractivity contribution in [1.29, 1.82) is 0 Å². The maximum absolute atomic E-state index is 12.5. The molecule has 0 saturated carbocycles. The Labute approximate surface area is 177 Å². The summed E-state index contributed by atoms with van der Waals surface area (Å²) < 4.78 is 6.79. The molecule has 0 aromatic carbocycles. The second-order valence-electron chi connectivity index (χ2n) is 6.47. The van der Waals surface area contributed by atoms with Crippen LogP contribution in [0.2, 0.25) is 0 Å². The molecule has 2 rings (SSSR count). The van der Waals surface area contributed by atoms with Crippen molar-refractivity contribution in [3.8, 4) is 0 Å². The first kappa shape index (κ1) is 22.9. The largest absolute Gasteiger partial charge is 0.465 e. The van der Waals surface area contributed by atoms with Crippen LogP contribution in [0.4, 0.5) is 5.00 Å². The van der Waals surface area contributed by atoms with Gasteiger partial charge in [-0.05, 0) is 25.8 Å². The molecule has 0 radical (unpaired) electrons. The molecule has 0 fully saturated rings. The Hall–Kier alpha value is -2.40. The summed E-state index contributed by atoms with van der Waals surface area (Å²) in [7, 11) is 4.52. The molecular weight excluding hydrogens is 414 g/mol. The summed E-state index contributed by atoms with van der Waals surface area (Å²) in [5.41, 5.74) is 0.688. The Balaban J connectivity index is 2.20. The maximum atomic E-state index is 12.5. The van der Waals surface area contributed by atoms with E-state index in [4.69, 9.17) is 4.74 Å². The number of esters is 1. The fourth-order valence-corrected chi connectivity index (χ4v) is 4.64. The monoisotopic (exact) mass is 439 g/mol. The van der Waals surface area contributed by atoms with Crippen LogP contribution in [0.3, 0.4) is 0 Å². The normalized spacial score (nSPS) is 10.7. The van der Waals surface area contributed by atoms with Gasteiger partial charge in [-0.3, -0.25) is 9.59 Å². The van der Waals surface area contributed by atoms with Gasteiger partial charge in [0.15, 0.2) is 5.16 Å². The highest BCUT2D eigenvalue weighted by Gasteiger charge is 2.27. The second kappa shape index (κ2) is 9.88. The number of aromatic nitrogens is 3. The summed E-state index contributed by atoms with van der Waals surface area (Å²) in [6, 6.07) is 0. The zero-order chi connectivity index (χ0) is 21.7. The summed E-state index contributed by atoms with van der Waals surface area (Å²) in [5.74, 6) is -0.262. The summed E-state index contributed by atoms with van der Waals surface area (Å²) >= 11 is 2.33. The van der Waals surface area contributed by atoms with Gasteiger partial charge in [-0.25, -0.2) is 4.79 Å². The number of ether oxygens (including phenoxy) is 1. The lowest BCUT2D eigenvalue weighted by molar-refractivity contribution is -0.113. The van der Waals surface area contributed by atoms with E-state index in [0.717, 1.165) is 30.1 Å². The van der Waals surface area contributed by atoms with E-state index in [1.807, 2.05) is 11.5 Å². The van der Waals surface area contributed by atoms with Crippen LogP contribution < -0.4 is 5.32 Å². The number of hydrogen-bond donors (Lipinski definition) is 1. The van der Waals surface area contributed by atoms with E-state index >= 15 is 0 Å². The highest BCUT2D eigenvalue weighted by Crippen LogP contribution is 2.34. The Morgan fingerprint density at radius 2 is 1.93 bits per heavy atom. The van der Waals surface area contributed by atoms with Crippen molar-refractivity contribution in [2.45, 2.75) is 38.9 Å². The lowest BCUT2D eigenvalue weighted by Gasteiger charge is -2.08. The van der Waals surface area contributed by atoms with Crippen molar-refractivity contribution in [3.05, 3.63) is 21.8 Å². The average molecular weight is 440 g/mol. The Kier molecular flexibility index (Phi) is 7.80. The van der Waals surface area contributed by atoms with Crippen LogP contribution in [0.5, 0.6) is 0 Å². The van der Waals surface area contributed by atoms with E-state index in [0.29, 0.717) is 20.6 Å². The van der Waals surface area contributed by atoms with Crippen LogP contribution in [0, 0.1) is 13.8 Å². The lowest BCUT2D eigenvalue weighted by atomic mass is 10.1. The molecule has 9 nitrogen and oxygen atoms in total. The van der Waals surface area contributed by atoms with E-state index in [2.05, 4.69) is 22.4 Å². The highest BCUT2D eigenvalue weighted by molar-refractivity contribution is 7.99. The number of aryl methyl sites for hydroxylation is 1. The number of amides is 2. The van der Waals surface area contributed by atoms with E-state index in [-0.39, 0.29) is 23.1 Å². The molecule has 0 aliphatic rings. The number of anilines is 1. The topological polar surface area (TPSA) is 106 Å². The first-order valence-electron chi connectivity index (χ1n) is 8.97. The van der Waals surface area contributed by atoms with E-state index in [1.54, 1.807) is 21.0 Å². The minimum absolute atomic E-state index is 0.0936. The molecular formula is C18H25N5O4S2. The van der Waals surface area contributed by atoms with Crippen molar-refractivity contribution in [1.82, 2.24) is 19.7 Å². The van der Waals surface area contributed by atoms with Crippen LogP contribution in [-0.4, -0.2) is 64.4 Å². The van der Waals surface area contributed by atoms with Crippen molar-refractivity contribution in [2.24, 2.45) is 0 Å². The van der Waals surface area contributed by atoms with Crippen LogP contribution in [0.15, 0.2) is 5.16 Å². The van der Waals surface area contributed by atoms with Crippen LogP contribution >= 0.6 is 23.1 Å². The molecule has 29 heavy (non-hydrogen) atoms. The molecule has 2 aromatic rings. The Morgan fingerprint density at radius 3 is 2.52 bits per heavy atom. The third kappa shape index (κ3) is 5.15. The minimum Gasteiger partial charge on any atom is -0.465 e. The van der Waals surface area contributed by atoms with Gasteiger partial charge in [0.1, 0.15) is 10.8 Å². The molecule has 0 aliphatic heterocycles. The molecule has 0 saturated heterocycles. The van der Waals surface area contributed by atoms with Crippen molar-refractivity contribution < 1.29 is 19.1 Å². The first-order valence-corrected chi connectivity index (χ1v) is 10.8. The van der Waals surface area contributed by atoms with Gasteiger partial charge in [-0.15, -0.1) is 21.5 Å². The smallest absolute Gasteiger partial charge is 0.341 e. The third-order valence-corrected chi connectivity index (χ3v) is 6.23. The van der Waals surface area contributed by atoms with Crippen molar-refractivity contribution >= 4 is 45.9 Å². The molecule has 11 heteroatoms. The quantitative estimate of drug-likeness (QED) is 0.498. The van der Waals surface area contributed by atoms with Gasteiger partial charge in [-0.1, -0.05) is 18.7 Å². The Bertz CT molecular complexity index is 920. The summed E-state index contributed by atoms with van der Waals surface area (Å²) in [6.07, 6.45) is 0.929. The molecule has 0 atom stereocenters. The number of nitrogens with zero attached hydrogens (tertiary/aromatic N) is 4. The molecule has 2 aromatic heterocycles. The molecule has 158 valence electrons. The number of carbonyl (C=O) groups is 3. The molecule has 2 amide bonds. The van der Waals surface area contributed by atoms with Crippen LogP contribution in [-0.2, 0) is 16.1 Å². The van der Waals surface area contributed by atoms with E-state index in [9.17, 15) is 14.4 Å². The van der Waals surface area contributed by atoms with Gasteiger partial charge in [0, 0.05) is 20.6 Å². The molecule has 0 spiro atoms. The van der Waals surface area contributed by atoms with Gasteiger partial charge in [0.05, 0.1) is 23.3 Å². The lowest BCUT2D eigenvalue weighted by Crippen LogP contribution is -2.21. The Morgan fingerprint density at radius 1 is 1.24 bits per heavy atom. The fraction of sp³-hybridized carbons (Fsp3) is 0.500. The number of nitrogens with one attached hydrogen (secondary N) is 1. The number of hydrogen-bond acceptors (Lipinski definition) is 8. The summed E-state index contributed by atoms with van der Waals surface area (Å²) in [6.45, 7) is 6.36. The van der Waals surface area contributed by atoms with E-state index < -0.39 is 5.97 Å². The van der Waals surface area contributed by atoms with Gasteiger partial charge in [0.2, 0.25) is 5.91 Å². The van der Waals surface area contributed by atoms with Gasteiger partial charge < -0.3 is 19.5 Å². The number of carbonyl (C=O) groups excluding carboxylic acids is 3. The number of thiophene rings is 1. The molecule has 1 N–H and O–H groups in total. The third-order valence-electron chi connectivity index (χ3n) is 4.07.